The fraction of sp³-hybridized carbons (Fsp3) is 0.750. The van der Waals surface area contributed by atoms with Gasteiger partial charge in [0.1, 0.15) is 0 Å². The Kier molecular flexibility index (Phi) is 4.02. The Hall–Kier alpha value is -1.66. The van der Waals surface area contributed by atoms with Crippen LogP contribution in [0.25, 0.3) is 0 Å². The number of nitrogens with two attached hydrogens (primary N) is 1. The summed E-state index contributed by atoms with van der Waals surface area (Å²) < 4.78 is 1.40. The Morgan fingerprint density at radius 1 is 1.60 bits per heavy atom. The van der Waals surface area contributed by atoms with Crippen molar-refractivity contribution in [2.75, 3.05) is 12.3 Å². The summed E-state index contributed by atoms with van der Waals surface area (Å²) in [6.45, 7) is 5.17. The van der Waals surface area contributed by atoms with Crippen molar-refractivity contribution in [1.29, 1.82) is 0 Å². The molecule has 7 nitrogen and oxygen atoms in total. The molecular formula is C8H16N6O. The van der Waals surface area contributed by atoms with Crippen molar-refractivity contribution in [1.82, 2.24) is 25.5 Å². The van der Waals surface area contributed by atoms with Crippen LogP contribution in [-0.2, 0) is 11.3 Å². The number of aryl methyl sites for hydroxylation is 1. The third-order valence-electron chi connectivity index (χ3n) is 1.82. The SMILES string of the molecule is CC(C)CNC(=O)CCn1nnnc1N. The van der Waals surface area contributed by atoms with Gasteiger partial charge in [0.05, 0.1) is 6.54 Å². The van der Waals surface area contributed by atoms with Crippen LogP contribution in [0.1, 0.15) is 20.3 Å². The van der Waals surface area contributed by atoms with Gasteiger partial charge in [-0.05, 0) is 16.3 Å². The van der Waals surface area contributed by atoms with Gasteiger partial charge in [0.15, 0.2) is 0 Å². The standard InChI is InChI=1S/C8H16N6O/c1-6(2)5-10-7(15)3-4-14-8(9)11-12-13-14/h6H,3-5H2,1-2H3,(H,10,15)(H2,9,11,13). The van der Waals surface area contributed by atoms with Gasteiger partial charge in [-0.1, -0.05) is 18.9 Å². The molecule has 1 heterocycles. The monoisotopic (exact) mass is 212 g/mol. The van der Waals surface area contributed by atoms with Crippen molar-refractivity contribution in [2.45, 2.75) is 26.8 Å². The van der Waals surface area contributed by atoms with Gasteiger partial charge in [-0.3, -0.25) is 4.79 Å². The van der Waals surface area contributed by atoms with Gasteiger partial charge in [0.2, 0.25) is 11.9 Å². The van der Waals surface area contributed by atoms with Crippen LogP contribution < -0.4 is 11.1 Å². The summed E-state index contributed by atoms with van der Waals surface area (Å²) in [6, 6.07) is 0. The first-order chi connectivity index (χ1) is 7.09. The first-order valence-electron chi connectivity index (χ1n) is 4.88. The Labute approximate surface area is 88.0 Å². The van der Waals surface area contributed by atoms with E-state index in [0.717, 1.165) is 0 Å². The molecular weight excluding hydrogens is 196 g/mol. The van der Waals surface area contributed by atoms with Crippen molar-refractivity contribution in [3.05, 3.63) is 0 Å². The van der Waals surface area contributed by atoms with E-state index in [2.05, 4.69) is 20.8 Å². The first-order valence-corrected chi connectivity index (χ1v) is 4.88. The second-order valence-corrected chi connectivity index (χ2v) is 3.71. The highest BCUT2D eigenvalue weighted by molar-refractivity contribution is 5.75. The topological polar surface area (TPSA) is 98.7 Å². The third kappa shape index (κ3) is 3.92. The zero-order valence-corrected chi connectivity index (χ0v) is 8.97. The summed E-state index contributed by atoms with van der Waals surface area (Å²) in [7, 11) is 0. The molecule has 0 aliphatic carbocycles. The zero-order valence-electron chi connectivity index (χ0n) is 8.97. The predicted molar refractivity (Wildman–Crippen MR) is 54.7 cm³/mol. The predicted octanol–water partition coefficient (Wildman–Crippen LogP) is -0.582. The number of amides is 1. The Morgan fingerprint density at radius 2 is 2.33 bits per heavy atom. The van der Waals surface area contributed by atoms with E-state index in [-0.39, 0.29) is 11.9 Å². The molecule has 0 unspecified atom stereocenters. The molecule has 84 valence electrons. The molecule has 0 aliphatic rings. The summed E-state index contributed by atoms with van der Waals surface area (Å²) in [5.41, 5.74) is 5.44. The number of tetrazole rings is 1. The highest BCUT2D eigenvalue weighted by Crippen LogP contribution is 1.95. The molecule has 1 amide bonds. The Morgan fingerprint density at radius 3 is 2.87 bits per heavy atom. The molecule has 1 aromatic heterocycles. The van der Waals surface area contributed by atoms with Gasteiger partial charge >= 0.3 is 0 Å². The van der Waals surface area contributed by atoms with Crippen molar-refractivity contribution < 1.29 is 4.79 Å². The number of rotatable bonds is 5. The highest BCUT2D eigenvalue weighted by Gasteiger charge is 2.05. The molecule has 0 atom stereocenters. The van der Waals surface area contributed by atoms with E-state index in [4.69, 9.17) is 5.73 Å². The summed E-state index contributed by atoms with van der Waals surface area (Å²) in [4.78, 5) is 11.3. The summed E-state index contributed by atoms with van der Waals surface area (Å²) in [5.74, 6) is 0.664. The number of carbonyl (C=O) groups is 1. The van der Waals surface area contributed by atoms with Crippen LogP contribution in [0.4, 0.5) is 5.95 Å². The summed E-state index contributed by atoms with van der Waals surface area (Å²) in [6.07, 6.45) is 0.335. The lowest BCUT2D eigenvalue weighted by Gasteiger charge is -2.07. The highest BCUT2D eigenvalue weighted by atomic mass is 16.1. The minimum atomic E-state index is -0.0152. The summed E-state index contributed by atoms with van der Waals surface area (Å²) >= 11 is 0. The molecule has 0 saturated heterocycles. The Balaban J connectivity index is 2.26. The molecule has 15 heavy (non-hydrogen) atoms. The van der Waals surface area contributed by atoms with E-state index < -0.39 is 0 Å². The maximum atomic E-state index is 11.3. The molecule has 1 rings (SSSR count). The number of hydrogen-bond donors (Lipinski definition) is 2. The van der Waals surface area contributed by atoms with Crippen molar-refractivity contribution in [3.8, 4) is 0 Å². The van der Waals surface area contributed by atoms with E-state index >= 15 is 0 Å². The van der Waals surface area contributed by atoms with Gasteiger partial charge in [-0.2, -0.15) is 0 Å². The van der Waals surface area contributed by atoms with Gasteiger partial charge in [0.25, 0.3) is 0 Å². The number of aromatic nitrogens is 4. The lowest BCUT2D eigenvalue weighted by molar-refractivity contribution is -0.121. The van der Waals surface area contributed by atoms with Crippen LogP contribution in [0, 0.1) is 5.92 Å². The van der Waals surface area contributed by atoms with Crippen LogP contribution in [0.5, 0.6) is 0 Å². The molecule has 0 saturated carbocycles. The van der Waals surface area contributed by atoms with Crippen molar-refractivity contribution >= 4 is 11.9 Å². The van der Waals surface area contributed by atoms with E-state index in [1.165, 1.54) is 4.68 Å². The smallest absolute Gasteiger partial charge is 0.240 e. The van der Waals surface area contributed by atoms with Gasteiger partial charge in [-0.15, -0.1) is 0 Å². The van der Waals surface area contributed by atoms with Crippen molar-refractivity contribution in [2.24, 2.45) is 5.92 Å². The number of carbonyl (C=O) groups excluding carboxylic acids is 1. The number of nitrogens with one attached hydrogen (secondary N) is 1. The minimum absolute atomic E-state index is 0.0152. The molecule has 1 aromatic rings. The van der Waals surface area contributed by atoms with Gasteiger partial charge < -0.3 is 11.1 Å². The van der Waals surface area contributed by atoms with Crippen LogP contribution in [0.15, 0.2) is 0 Å². The molecule has 7 heteroatoms. The lowest BCUT2D eigenvalue weighted by Crippen LogP contribution is -2.28. The molecule has 0 aliphatic heterocycles. The first kappa shape index (κ1) is 11.4. The summed E-state index contributed by atoms with van der Waals surface area (Å²) in [5, 5.41) is 13.3. The third-order valence-corrected chi connectivity index (χ3v) is 1.82. The molecule has 0 radical (unpaired) electrons. The van der Waals surface area contributed by atoms with Crippen molar-refractivity contribution in [3.63, 3.8) is 0 Å². The minimum Gasteiger partial charge on any atom is -0.367 e. The zero-order chi connectivity index (χ0) is 11.3. The number of hydrogen-bond acceptors (Lipinski definition) is 5. The van der Waals surface area contributed by atoms with E-state index in [0.29, 0.717) is 25.4 Å². The maximum Gasteiger partial charge on any atom is 0.240 e. The lowest BCUT2D eigenvalue weighted by atomic mass is 10.2. The van der Waals surface area contributed by atoms with Crippen LogP contribution in [0.2, 0.25) is 0 Å². The van der Waals surface area contributed by atoms with E-state index in [1.54, 1.807) is 0 Å². The van der Waals surface area contributed by atoms with Crippen LogP contribution in [-0.4, -0.2) is 32.7 Å². The number of nitrogens with zero attached hydrogens (tertiary/aromatic N) is 4. The quantitative estimate of drug-likeness (QED) is 0.680. The fourth-order valence-electron chi connectivity index (χ4n) is 0.985. The van der Waals surface area contributed by atoms with Gasteiger partial charge in [0, 0.05) is 13.0 Å². The normalized spacial score (nSPS) is 10.6. The van der Waals surface area contributed by atoms with E-state index in [9.17, 15) is 4.79 Å². The molecule has 3 N–H and O–H groups in total. The molecule has 0 aromatic carbocycles. The van der Waals surface area contributed by atoms with E-state index in [1.807, 2.05) is 13.8 Å². The van der Waals surface area contributed by atoms with Gasteiger partial charge in [-0.25, -0.2) is 4.68 Å². The average Bonchev–Trinajstić information content (AvgIpc) is 2.58. The number of nitrogen functional groups attached to an aromatic ring is 1. The maximum absolute atomic E-state index is 11.3. The van der Waals surface area contributed by atoms with Crippen LogP contribution in [0.3, 0.4) is 0 Å². The van der Waals surface area contributed by atoms with Crippen LogP contribution >= 0.6 is 0 Å². The largest absolute Gasteiger partial charge is 0.367 e. The molecule has 0 bridgehead atoms. The second kappa shape index (κ2) is 5.28. The molecule has 0 fully saturated rings. The fourth-order valence-corrected chi connectivity index (χ4v) is 0.985. The molecule has 0 spiro atoms. The second-order valence-electron chi connectivity index (χ2n) is 3.71. The average molecular weight is 212 g/mol. The number of anilines is 1. The Bertz CT molecular complexity index is 321.